The largest absolute Gasteiger partial charge is 0.497 e. The smallest absolute Gasteiger partial charge is 0.227 e. The molecule has 1 unspecified atom stereocenters. The van der Waals surface area contributed by atoms with Crippen molar-refractivity contribution in [1.29, 1.82) is 0 Å². The number of carbonyl (C=O) groups excluding carboxylic acids is 2. The number of benzene rings is 1. The van der Waals surface area contributed by atoms with Crippen LogP contribution in [-0.4, -0.2) is 35.1 Å². The number of hydrogen-bond acceptors (Lipinski definition) is 4. The van der Waals surface area contributed by atoms with E-state index in [2.05, 4.69) is 10.4 Å². The molecule has 1 aromatic carbocycles. The Morgan fingerprint density at radius 3 is 2.85 bits per heavy atom. The second-order valence-corrected chi connectivity index (χ2v) is 6.52. The molecule has 0 bridgehead atoms. The van der Waals surface area contributed by atoms with Gasteiger partial charge in [0.2, 0.25) is 11.8 Å². The van der Waals surface area contributed by atoms with Crippen molar-refractivity contribution in [3.8, 4) is 5.75 Å². The van der Waals surface area contributed by atoms with E-state index in [4.69, 9.17) is 4.74 Å². The van der Waals surface area contributed by atoms with Crippen molar-refractivity contribution in [3.63, 3.8) is 0 Å². The Morgan fingerprint density at radius 2 is 2.07 bits per heavy atom. The van der Waals surface area contributed by atoms with E-state index in [0.717, 1.165) is 22.5 Å². The molecule has 138 valence electrons. The Bertz CT molecular complexity index is 980. The van der Waals surface area contributed by atoms with Crippen LogP contribution in [0.15, 0.2) is 54.9 Å². The lowest BCUT2D eigenvalue weighted by atomic mass is 10.1. The lowest BCUT2D eigenvalue weighted by molar-refractivity contribution is -0.126. The molecule has 1 aliphatic heterocycles. The molecule has 2 amide bonds. The van der Waals surface area contributed by atoms with Crippen LogP contribution in [0, 0.1) is 5.92 Å². The number of nitrogens with one attached hydrogen (secondary N) is 1. The number of nitrogens with zero attached hydrogens (tertiary/aromatic N) is 3. The highest BCUT2D eigenvalue weighted by Crippen LogP contribution is 2.27. The minimum Gasteiger partial charge on any atom is -0.497 e. The summed E-state index contributed by atoms with van der Waals surface area (Å²) in [6.45, 7) is 0.769. The molecule has 7 nitrogen and oxygen atoms in total. The highest BCUT2D eigenvalue weighted by atomic mass is 16.5. The molecule has 0 saturated carbocycles. The first-order chi connectivity index (χ1) is 13.2. The fraction of sp³-hybridized carbons (Fsp3) is 0.250. The average Bonchev–Trinajstić information content (AvgIpc) is 3.30. The average molecular weight is 364 g/mol. The van der Waals surface area contributed by atoms with Crippen molar-refractivity contribution in [3.05, 3.63) is 60.4 Å². The number of carbonyl (C=O) groups is 2. The van der Waals surface area contributed by atoms with Crippen LogP contribution in [0.3, 0.4) is 0 Å². The summed E-state index contributed by atoms with van der Waals surface area (Å²) in [6.07, 6.45) is 3.83. The molecule has 1 saturated heterocycles. The van der Waals surface area contributed by atoms with Gasteiger partial charge in [0.05, 0.1) is 24.7 Å². The molecule has 1 fully saturated rings. The maximum atomic E-state index is 12.6. The normalized spacial score (nSPS) is 16.7. The molecule has 1 aliphatic rings. The van der Waals surface area contributed by atoms with E-state index < -0.39 is 0 Å². The maximum absolute atomic E-state index is 12.6. The summed E-state index contributed by atoms with van der Waals surface area (Å²) >= 11 is 0. The number of amides is 2. The molecule has 3 aromatic rings. The van der Waals surface area contributed by atoms with Gasteiger partial charge in [-0.1, -0.05) is 6.07 Å². The van der Waals surface area contributed by atoms with Gasteiger partial charge in [-0.3, -0.25) is 9.59 Å². The highest BCUT2D eigenvalue weighted by molar-refractivity contribution is 6.00. The summed E-state index contributed by atoms with van der Waals surface area (Å²) < 4.78 is 6.91. The first-order valence-electron chi connectivity index (χ1n) is 8.79. The number of aromatic nitrogens is 2. The van der Waals surface area contributed by atoms with Crippen LogP contribution in [-0.2, 0) is 16.1 Å². The Morgan fingerprint density at radius 1 is 1.26 bits per heavy atom. The summed E-state index contributed by atoms with van der Waals surface area (Å²) in [7, 11) is 1.60. The molecule has 27 heavy (non-hydrogen) atoms. The van der Waals surface area contributed by atoms with Crippen molar-refractivity contribution in [2.75, 3.05) is 18.6 Å². The molecule has 4 rings (SSSR count). The second-order valence-electron chi connectivity index (χ2n) is 6.52. The summed E-state index contributed by atoms with van der Waals surface area (Å²) in [6, 6.07) is 13.1. The minimum absolute atomic E-state index is 0.0451. The van der Waals surface area contributed by atoms with E-state index in [1.807, 2.05) is 36.5 Å². The number of rotatable bonds is 5. The third-order valence-corrected chi connectivity index (χ3v) is 4.84. The Kier molecular flexibility index (Phi) is 4.50. The molecule has 1 N–H and O–H groups in total. The van der Waals surface area contributed by atoms with Gasteiger partial charge in [-0.15, -0.1) is 0 Å². The van der Waals surface area contributed by atoms with E-state index in [1.54, 1.807) is 34.9 Å². The molecule has 3 heterocycles. The summed E-state index contributed by atoms with van der Waals surface area (Å²) in [5.74, 6) is 0.209. The van der Waals surface area contributed by atoms with Gasteiger partial charge in [-0.2, -0.15) is 5.10 Å². The Labute approximate surface area is 156 Å². The monoisotopic (exact) mass is 364 g/mol. The summed E-state index contributed by atoms with van der Waals surface area (Å²) in [5.41, 5.74) is 2.68. The molecule has 0 aliphatic carbocycles. The summed E-state index contributed by atoms with van der Waals surface area (Å²) in [5, 5.41) is 7.20. The van der Waals surface area contributed by atoms with Crippen molar-refractivity contribution < 1.29 is 14.3 Å². The SMILES string of the molecule is COc1ccc(N2CC(C(=O)NCc3cnn4ccccc34)CC2=O)cc1. The van der Waals surface area contributed by atoms with Gasteiger partial charge in [0.25, 0.3) is 0 Å². The number of fused-ring (bicyclic) bond motifs is 1. The van der Waals surface area contributed by atoms with Gasteiger partial charge in [0, 0.05) is 37.0 Å². The number of methoxy groups -OCH3 is 1. The predicted molar refractivity (Wildman–Crippen MR) is 100 cm³/mol. The quantitative estimate of drug-likeness (QED) is 0.751. The molecule has 7 heteroatoms. The fourth-order valence-electron chi connectivity index (χ4n) is 3.35. The van der Waals surface area contributed by atoms with E-state index in [0.29, 0.717) is 13.1 Å². The second kappa shape index (κ2) is 7.11. The molecule has 0 spiro atoms. The highest BCUT2D eigenvalue weighted by Gasteiger charge is 2.35. The Balaban J connectivity index is 1.40. The molecular weight excluding hydrogens is 344 g/mol. The fourth-order valence-corrected chi connectivity index (χ4v) is 3.35. The first-order valence-corrected chi connectivity index (χ1v) is 8.79. The van der Waals surface area contributed by atoms with Gasteiger partial charge in [-0.05, 0) is 36.4 Å². The number of pyridine rings is 1. The Hall–Kier alpha value is -3.35. The van der Waals surface area contributed by atoms with Crippen LogP contribution in [0.5, 0.6) is 5.75 Å². The van der Waals surface area contributed by atoms with E-state index in [1.165, 1.54) is 0 Å². The lowest BCUT2D eigenvalue weighted by Gasteiger charge is -2.17. The topological polar surface area (TPSA) is 75.9 Å². The lowest BCUT2D eigenvalue weighted by Crippen LogP contribution is -2.32. The van der Waals surface area contributed by atoms with Crippen LogP contribution in [0.2, 0.25) is 0 Å². The van der Waals surface area contributed by atoms with Gasteiger partial charge in [0.1, 0.15) is 5.75 Å². The molecule has 1 atom stereocenters. The predicted octanol–water partition coefficient (Wildman–Crippen LogP) is 2.01. The van der Waals surface area contributed by atoms with Crippen molar-refractivity contribution >= 4 is 23.0 Å². The van der Waals surface area contributed by atoms with Crippen molar-refractivity contribution in [1.82, 2.24) is 14.9 Å². The standard InChI is InChI=1S/C20H20N4O3/c1-27-17-7-5-16(6-8-17)23-13-14(10-19(23)25)20(26)21-11-15-12-22-24-9-3-2-4-18(15)24/h2-9,12,14H,10-11,13H2,1H3,(H,21,26). The zero-order valence-corrected chi connectivity index (χ0v) is 15.0. The van der Waals surface area contributed by atoms with Crippen LogP contribution in [0.4, 0.5) is 5.69 Å². The molecular formula is C20H20N4O3. The van der Waals surface area contributed by atoms with Crippen LogP contribution in [0.25, 0.3) is 5.52 Å². The van der Waals surface area contributed by atoms with Crippen LogP contribution >= 0.6 is 0 Å². The molecule has 2 aromatic heterocycles. The zero-order chi connectivity index (χ0) is 18.8. The van der Waals surface area contributed by atoms with Gasteiger partial charge in [0.15, 0.2) is 0 Å². The minimum atomic E-state index is -0.360. The van der Waals surface area contributed by atoms with Crippen LogP contribution < -0.4 is 15.0 Å². The van der Waals surface area contributed by atoms with Crippen molar-refractivity contribution in [2.45, 2.75) is 13.0 Å². The van der Waals surface area contributed by atoms with Crippen LogP contribution in [0.1, 0.15) is 12.0 Å². The van der Waals surface area contributed by atoms with Gasteiger partial charge < -0.3 is 15.0 Å². The van der Waals surface area contributed by atoms with Gasteiger partial charge in [-0.25, -0.2) is 4.52 Å². The van der Waals surface area contributed by atoms with E-state index >= 15 is 0 Å². The van der Waals surface area contributed by atoms with E-state index in [9.17, 15) is 9.59 Å². The summed E-state index contributed by atoms with van der Waals surface area (Å²) in [4.78, 5) is 26.6. The van der Waals surface area contributed by atoms with Gasteiger partial charge >= 0.3 is 0 Å². The third-order valence-electron chi connectivity index (χ3n) is 4.84. The maximum Gasteiger partial charge on any atom is 0.227 e. The molecule has 0 radical (unpaired) electrons. The number of hydrogen-bond donors (Lipinski definition) is 1. The number of anilines is 1. The third kappa shape index (κ3) is 3.36. The first kappa shape index (κ1) is 17.1. The number of ether oxygens (including phenoxy) is 1. The zero-order valence-electron chi connectivity index (χ0n) is 15.0. The van der Waals surface area contributed by atoms with Crippen molar-refractivity contribution in [2.24, 2.45) is 5.92 Å². The van der Waals surface area contributed by atoms with E-state index in [-0.39, 0.29) is 24.2 Å².